The monoisotopic (exact) mass is 355 g/mol. The number of carbonyl (C=O) groups excluding carboxylic acids is 1. The second-order valence-corrected chi connectivity index (χ2v) is 6.46. The molecule has 2 heterocycles. The van der Waals surface area contributed by atoms with E-state index in [0.717, 1.165) is 15.7 Å². The highest BCUT2D eigenvalue weighted by Crippen LogP contribution is 2.12. The molecule has 3 rings (SSSR count). The Morgan fingerprint density at radius 2 is 1.85 bits per heavy atom. The molecule has 0 aliphatic rings. The van der Waals surface area contributed by atoms with E-state index in [1.807, 2.05) is 38.1 Å². The van der Waals surface area contributed by atoms with Crippen LogP contribution in [0.25, 0.3) is 11.2 Å². The number of carbonyl (C=O) groups is 1. The maximum Gasteiger partial charge on any atom is 0.332 e. The second-order valence-electron chi connectivity index (χ2n) is 6.46. The number of aromatic nitrogens is 4. The summed E-state index contributed by atoms with van der Waals surface area (Å²) in [5, 5.41) is 2.83. The van der Waals surface area contributed by atoms with Crippen molar-refractivity contribution < 1.29 is 4.79 Å². The lowest BCUT2D eigenvalue weighted by atomic mass is 10.1. The van der Waals surface area contributed by atoms with Gasteiger partial charge in [0.2, 0.25) is 5.91 Å². The van der Waals surface area contributed by atoms with Crippen molar-refractivity contribution in [2.75, 3.05) is 0 Å². The van der Waals surface area contributed by atoms with Crippen LogP contribution in [0, 0.1) is 6.92 Å². The number of hydrogen-bond acceptors (Lipinski definition) is 4. The molecule has 136 valence electrons. The van der Waals surface area contributed by atoms with Gasteiger partial charge in [-0.1, -0.05) is 29.8 Å². The molecule has 1 aromatic carbocycles. The van der Waals surface area contributed by atoms with Crippen LogP contribution < -0.4 is 16.6 Å². The van der Waals surface area contributed by atoms with Crippen molar-refractivity contribution in [3.63, 3.8) is 0 Å². The molecule has 8 nitrogen and oxygen atoms in total. The average molecular weight is 355 g/mol. The predicted octanol–water partition coefficient (Wildman–Crippen LogP) is 0.620. The molecule has 2 aromatic heterocycles. The zero-order valence-corrected chi connectivity index (χ0v) is 15.2. The molecular weight excluding hydrogens is 334 g/mol. The van der Waals surface area contributed by atoms with E-state index in [9.17, 15) is 14.4 Å². The van der Waals surface area contributed by atoms with Crippen LogP contribution in [0.3, 0.4) is 0 Å². The Kier molecular flexibility index (Phi) is 4.50. The third-order valence-electron chi connectivity index (χ3n) is 4.46. The molecule has 0 radical (unpaired) electrons. The molecule has 1 unspecified atom stereocenters. The number of rotatable bonds is 4. The summed E-state index contributed by atoms with van der Waals surface area (Å²) in [5.74, 6) is -0.404. The van der Waals surface area contributed by atoms with Crippen LogP contribution in [0.15, 0.2) is 40.2 Å². The molecule has 0 spiro atoms. The van der Waals surface area contributed by atoms with Gasteiger partial charge in [-0.25, -0.2) is 14.3 Å². The summed E-state index contributed by atoms with van der Waals surface area (Å²) < 4.78 is 3.75. The molecule has 26 heavy (non-hydrogen) atoms. The molecule has 0 aliphatic heterocycles. The van der Waals surface area contributed by atoms with Crippen molar-refractivity contribution in [3.8, 4) is 0 Å². The molecule has 1 N–H and O–H groups in total. The Morgan fingerprint density at radius 1 is 1.19 bits per heavy atom. The quantitative estimate of drug-likeness (QED) is 0.743. The summed E-state index contributed by atoms with van der Waals surface area (Å²) in [5.41, 5.74) is 1.57. The Balaban J connectivity index is 1.88. The van der Waals surface area contributed by atoms with E-state index in [1.54, 1.807) is 11.6 Å². The lowest BCUT2D eigenvalue weighted by Crippen LogP contribution is -2.43. The van der Waals surface area contributed by atoms with E-state index >= 15 is 0 Å². The van der Waals surface area contributed by atoms with Crippen molar-refractivity contribution in [2.45, 2.75) is 26.4 Å². The molecule has 0 fully saturated rings. The van der Waals surface area contributed by atoms with Gasteiger partial charge < -0.3 is 9.88 Å². The Bertz CT molecular complexity index is 1090. The maximum atomic E-state index is 12.6. The smallest absolute Gasteiger partial charge is 0.332 e. The Labute approximate surface area is 149 Å². The van der Waals surface area contributed by atoms with Crippen molar-refractivity contribution in [2.24, 2.45) is 14.1 Å². The third-order valence-corrected chi connectivity index (χ3v) is 4.46. The first kappa shape index (κ1) is 17.7. The van der Waals surface area contributed by atoms with E-state index < -0.39 is 17.2 Å². The van der Waals surface area contributed by atoms with Crippen LogP contribution in [0.4, 0.5) is 0 Å². The van der Waals surface area contributed by atoms with Crippen molar-refractivity contribution in [1.82, 2.24) is 24.0 Å². The Morgan fingerprint density at radius 3 is 2.50 bits per heavy atom. The van der Waals surface area contributed by atoms with Gasteiger partial charge in [-0.15, -0.1) is 0 Å². The van der Waals surface area contributed by atoms with E-state index in [0.29, 0.717) is 5.65 Å². The van der Waals surface area contributed by atoms with Crippen molar-refractivity contribution in [3.05, 3.63) is 62.6 Å². The van der Waals surface area contributed by atoms with Gasteiger partial charge in [-0.2, -0.15) is 0 Å². The minimum atomic E-state index is -0.570. The number of hydrogen-bond donors (Lipinski definition) is 1. The molecule has 8 heteroatoms. The molecule has 0 aliphatic carbocycles. The number of nitrogens with zero attached hydrogens (tertiary/aromatic N) is 4. The summed E-state index contributed by atoms with van der Waals surface area (Å²) in [7, 11) is 3.20. The summed E-state index contributed by atoms with van der Waals surface area (Å²) >= 11 is 0. The normalized spacial score (nSPS) is 12.3. The number of benzene rings is 1. The summed E-state index contributed by atoms with van der Waals surface area (Å²) in [6.07, 6.45) is 1.47. The molecule has 1 amide bonds. The molecule has 0 saturated heterocycles. The van der Waals surface area contributed by atoms with Crippen LogP contribution in [0.2, 0.25) is 0 Å². The van der Waals surface area contributed by atoms with E-state index in [2.05, 4.69) is 10.3 Å². The number of fused-ring (bicyclic) bond motifs is 1. The van der Waals surface area contributed by atoms with Crippen LogP contribution in [-0.4, -0.2) is 24.6 Å². The van der Waals surface area contributed by atoms with Crippen molar-refractivity contribution >= 4 is 17.1 Å². The molecule has 0 bridgehead atoms. The van der Waals surface area contributed by atoms with Gasteiger partial charge in [0, 0.05) is 14.1 Å². The summed E-state index contributed by atoms with van der Waals surface area (Å²) in [6, 6.07) is 7.58. The zero-order valence-electron chi connectivity index (χ0n) is 15.2. The fourth-order valence-electron chi connectivity index (χ4n) is 2.90. The third kappa shape index (κ3) is 3.05. The molecular formula is C18H21N5O3. The highest BCUT2D eigenvalue weighted by atomic mass is 16.2. The second kappa shape index (κ2) is 6.62. The largest absolute Gasteiger partial charge is 0.348 e. The maximum absolute atomic E-state index is 12.6. The standard InChI is InChI=1S/C18H21N5O3/c1-11-5-7-13(8-6-11)12(2)20-14(24)9-23-17(25)15-16(19-10-21(15)3)22(4)18(23)26/h5-8,10,12H,9H2,1-4H3,(H,20,24). The van der Waals surface area contributed by atoms with Crippen LogP contribution >= 0.6 is 0 Å². The van der Waals surface area contributed by atoms with Gasteiger partial charge in [0.05, 0.1) is 12.4 Å². The van der Waals surface area contributed by atoms with Gasteiger partial charge >= 0.3 is 5.69 Å². The first-order chi connectivity index (χ1) is 12.3. The first-order valence-electron chi connectivity index (χ1n) is 8.26. The average Bonchev–Trinajstić information content (AvgIpc) is 2.99. The molecule has 3 aromatic rings. The van der Waals surface area contributed by atoms with Crippen molar-refractivity contribution in [1.29, 1.82) is 0 Å². The predicted molar refractivity (Wildman–Crippen MR) is 98.0 cm³/mol. The Hall–Kier alpha value is -3.16. The fraction of sp³-hybridized carbons (Fsp3) is 0.333. The minimum absolute atomic E-state index is 0.233. The number of imidazole rings is 1. The van der Waals surface area contributed by atoms with Gasteiger partial charge in [-0.3, -0.25) is 14.2 Å². The zero-order chi connectivity index (χ0) is 19.0. The number of aryl methyl sites for hydroxylation is 3. The van der Waals surface area contributed by atoms with Gasteiger partial charge in [0.15, 0.2) is 11.2 Å². The van der Waals surface area contributed by atoms with Gasteiger partial charge in [-0.05, 0) is 19.4 Å². The first-order valence-corrected chi connectivity index (χ1v) is 8.26. The minimum Gasteiger partial charge on any atom is -0.348 e. The van der Waals surface area contributed by atoms with E-state index in [4.69, 9.17) is 0 Å². The molecule has 1 atom stereocenters. The lowest BCUT2D eigenvalue weighted by Gasteiger charge is -2.15. The summed E-state index contributed by atoms with van der Waals surface area (Å²) in [4.78, 5) is 41.5. The molecule has 0 saturated carbocycles. The van der Waals surface area contributed by atoms with Gasteiger partial charge in [0.1, 0.15) is 6.54 Å². The van der Waals surface area contributed by atoms with Crippen LogP contribution in [0.1, 0.15) is 24.1 Å². The summed E-state index contributed by atoms with van der Waals surface area (Å²) in [6.45, 7) is 3.50. The van der Waals surface area contributed by atoms with Crippen LogP contribution in [-0.2, 0) is 25.4 Å². The fourth-order valence-corrected chi connectivity index (χ4v) is 2.90. The number of nitrogens with one attached hydrogen (secondary N) is 1. The van der Waals surface area contributed by atoms with Gasteiger partial charge in [0.25, 0.3) is 5.56 Å². The lowest BCUT2D eigenvalue weighted by molar-refractivity contribution is -0.122. The van der Waals surface area contributed by atoms with E-state index in [-0.39, 0.29) is 18.1 Å². The van der Waals surface area contributed by atoms with E-state index in [1.165, 1.54) is 17.9 Å². The SMILES string of the molecule is Cc1ccc(C(C)NC(=O)Cn2c(=O)c3c(ncn3C)n(C)c2=O)cc1. The topological polar surface area (TPSA) is 90.9 Å². The highest BCUT2D eigenvalue weighted by Gasteiger charge is 2.18. The number of amides is 1. The highest BCUT2D eigenvalue weighted by molar-refractivity contribution is 5.77. The van der Waals surface area contributed by atoms with Crippen LogP contribution in [0.5, 0.6) is 0 Å².